The molecule has 1 aliphatic heterocycles. The van der Waals surface area contributed by atoms with E-state index in [-0.39, 0.29) is 5.56 Å². The van der Waals surface area contributed by atoms with Crippen LogP contribution >= 0.6 is 0 Å². The first-order valence-corrected chi connectivity index (χ1v) is 8.70. The molecule has 0 amide bonds. The van der Waals surface area contributed by atoms with Crippen LogP contribution < -0.4 is 5.56 Å². The predicted molar refractivity (Wildman–Crippen MR) is 94.7 cm³/mol. The molecule has 1 N–H and O–H groups in total. The van der Waals surface area contributed by atoms with Crippen molar-refractivity contribution in [3.8, 4) is 11.4 Å². The van der Waals surface area contributed by atoms with Gasteiger partial charge in [-0.15, -0.1) is 0 Å². The van der Waals surface area contributed by atoms with Gasteiger partial charge in [0.05, 0.1) is 11.4 Å². The van der Waals surface area contributed by atoms with E-state index in [1.54, 1.807) is 0 Å². The number of hydrogen-bond acceptors (Lipinski definition) is 2. The fourth-order valence-electron chi connectivity index (χ4n) is 3.51. The molecule has 2 aromatic heterocycles. The van der Waals surface area contributed by atoms with Crippen LogP contribution in [-0.2, 0) is 20.0 Å². The van der Waals surface area contributed by atoms with Crippen LogP contribution in [0, 0.1) is 6.92 Å². The number of H-pyrrole nitrogens is 1. The van der Waals surface area contributed by atoms with Gasteiger partial charge in [-0.25, -0.2) is 0 Å². The summed E-state index contributed by atoms with van der Waals surface area (Å²) in [6.45, 7) is 7.39. The molecule has 1 saturated heterocycles. The van der Waals surface area contributed by atoms with Crippen LogP contribution in [0.3, 0.4) is 0 Å². The van der Waals surface area contributed by atoms with Crippen LogP contribution in [0.1, 0.15) is 43.0 Å². The molecule has 0 radical (unpaired) electrons. The Labute approximate surface area is 138 Å². The van der Waals surface area contributed by atoms with Crippen molar-refractivity contribution in [2.45, 2.75) is 46.1 Å². The van der Waals surface area contributed by atoms with Gasteiger partial charge in [0.2, 0.25) is 0 Å². The van der Waals surface area contributed by atoms with Crippen molar-refractivity contribution in [3.05, 3.63) is 45.4 Å². The molecule has 3 rings (SSSR count). The molecule has 0 saturated carbocycles. The predicted octanol–water partition coefficient (Wildman–Crippen LogP) is 3.24. The number of piperidine rings is 1. The second-order valence-corrected chi connectivity index (χ2v) is 6.64. The number of aromatic nitrogens is 2. The van der Waals surface area contributed by atoms with Crippen molar-refractivity contribution in [2.24, 2.45) is 7.05 Å². The number of aryl methyl sites for hydroxylation is 2. The van der Waals surface area contributed by atoms with Gasteiger partial charge in [0.15, 0.2) is 0 Å². The molecule has 1 aliphatic rings. The van der Waals surface area contributed by atoms with Gasteiger partial charge in [-0.1, -0.05) is 13.3 Å². The third-order valence-corrected chi connectivity index (χ3v) is 5.01. The first-order chi connectivity index (χ1) is 11.1. The van der Waals surface area contributed by atoms with Gasteiger partial charge >= 0.3 is 0 Å². The zero-order chi connectivity index (χ0) is 16.4. The molecule has 2 aromatic rings. The number of pyridine rings is 1. The first kappa shape index (κ1) is 16.1. The molecular formula is C19H27N3O. The minimum absolute atomic E-state index is 0.0102. The Hall–Kier alpha value is -1.81. The third-order valence-electron chi connectivity index (χ3n) is 5.01. The highest BCUT2D eigenvalue weighted by atomic mass is 16.1. The van der Waals surface area contributed by atoms with E-state index in [2.05, 4.69) is 40.6 Å². The summed E-state index contributed by atoms with van der Waals surface area (Å²) in [6, 6.07) is 6.35. The van der Waals surface area contributed by atoms with E-state index in [1.165, 1.54) is 43.6 Å². The van der Waals surface area contributed by atoms with Crippen LogP contribution in [0.25, 0.3) is 11.4 Å². The Morgan fingerprint density at radius 3 is 2.61 bits per heavy atom. The molecule has 4 nitrogen and oxygen atoms in total. The molecule has 0 aromatic carbocycles. The summed E-state index contributed by atoms with van der Waals surface area (Å²) in [4.78, 5) is 17.7. The maximum atomic E-state index is 12.0. The Morgan fingerprint density at radius 2 is 1.91 bits per heavy atom. The molecular weight excluding hydrogens is 286 g/mol. The molecule has 3 heterocycles. The zero-order valence-electron chi connectivity index (χ0n) is 14.5. The van der Waals surface area contributed by atoms with E-state index in [0.29, 0.717) is 0 Å². The van der Waals surface area contributed by atoms with Gasteiger partial charge in [-0.3, -0.25) is 9.69 Å². The van der Waals surface area contributed by atoms with Crippen molar-refractivity contribution >= 4 is 0 Å². The monoisotopic (exact) mass is 313 g/mol. The lowest BCUT2D eigenvalue weighted by Gasteiger charge is -2.26. The van der Waals surface area contributed by atoms with Gasteiger partial charge in [-0.05, 0) is 63.0 Å². The van der Waals surface area contributed by atoms with Crippen LogP contribution in [0.15, 0.2) is 23.0 Å². The summed E-state index contributed by atoms with van der Waals surface area (Å²) in [7, 11) is 2.10. The maximum absolute atomic E-state index is 12.0. The number of rotatable bonds is 4. The van der Waals surface area contributed by atoms with E-state index < -0.39 is 0 Å². The zero-order valence-corrected chi connectivity index (χ0v) is 14.5. The molecule has 124 valence electrons. The van der Waals surface area contributed by atoms with Crippen molar-refractivity contribution in [2.75, 3.05) is 13.1 Å². The summed E-state index contributed by atoms with van der Waals surface area (Å²) >= 11 is 0. The lowest BCUT2D eigenvalue weighted by atomic mass is 10.1. The van der Waals surface area contributed by atoms with E-state index in [0.717, 1.165) is 29.9 Å². The van der Waals surface area contributed by atoms with Crippen molar-refractivity contribution in [1.82, 2.24) is 14.5 Å². The number of aromatic amines is 1. The van der Waals surface area contributed by atoms with Gasteiger partial charge in [-0.2, -0.15) is 0 Å². The average molecular weight is 313 g/mol. The summed E-state index contributed by atoms with van der Waals surface area (Å²) in [6.07, 6.45) is 4.89. The molecule has 0 bridgehead atoms. The Bertz CT molecular complexity index is 736. The fraction of sp³-hybridized carbons (Fsp3) is 0.526. The second-order valence-electron chi connectivity index (χ2n) is 6.64. The molecule has 0 aliphatic carbocycles. The lowest BCUT2D eigenvalue weighted by molar-refractivity contribution is 0.217. The Kier molecular flexibility index (Phi) is 4.71. The normalized spacial score (nSPS) is 16.0. The van der Waals surface area contributed by atoms with E-state index in [1.807, 2.05) is 13.0 Å². The standard InChI is InChI=1S/C19H27N3O/c1-4-15-12-14(2)19(23)20-18(15)17-9-8-16(21(17)3)13-22-10-6-5-7-11-22/h8-9,12H,4-7,10-11,13H2,1-3H3,(H,20,23). The third kappa shape index (κ3) is 3.27. The Morgan fingerprint density at radius 1 is 1.17 bits per heavy atom. The first-order valence-electron chi connectivity index (χ1n) is 8.70. The molecule has 0 spiro atoms. The van der Waals surface area contributed by atoms with Crippen LogP contribution in [0.5, 0.6) is 0 Å². The largest absolute Gasteiger partial charge is 0.345 e. The molecule has 1 fully saturated rings. The van der Waals surface area contributed by atoms with E-state index in [9.17, 15) is 4.79 Å². The highest BCUT2D eigenvalue weighted by Gasteiger charge is 2.16. The van der Waals surface area contributed by atoms with Crippen molar-refractivity contribution in [3.63, 3.8) is 0 Å². The number of likely N-dealkylation sites (tertiary alicyclic amines) is 1. The van der Waals surface area contributed by atoms with Gasteiger partial charge in [0, 0.05) is 24.8 Å². The minimum Gasteiger partial charge on any atom is -0.345 e. The summed E-state index contributed by atoms with van der Waals surface area (Å²) in [5, 5.41) is 0. The number of nitrogens with one attached hydrogen (secondary N) is 1. The SMILES string of the molecule is CCc1cc(C)c(=O)[nH]c1-c1ccc(CN2CCCCC2)n1C. The lowest BCUT2D eigenvalue weighted by Crippen LogP contribution is -2.29. The molecule has 23 heavy (non-hydrogen) atoms. The second kappa shape index (κ2) is 6.75. The van der Waals surface area contributed by atoms with E-state index in [4.69, 9.17) is 0 Å². The van der Waals surface area contributed by atoms with Gasteiger partial charge < -0.3 is 9.55 Å². The summed E-state index contributed by atoms with van der Waals surface area (Å²) < 4.78 is 2.23. The number of nitrogens with zero attached hydrogens (tertiary/aromatic N) is 2. The maximum Gasteiger partial charge on any atom is 0.251 e. The van der Waals surface area contributed by atoms with E-state index >= 15 is 0 Å². The topological polar surface area (TPSA) is 41.0 Å². The summed E-state index contributed by atoms with van der Waals surface area (Å²) in [5.41, 5.74) is 5.38. The van der Waals surface area contributed by atoms with Crippen LogP contribution in [0.4, 0.5) is 0 Å². The van der Waals surface area contributed by atoms with Crippen molar-refractivity contribution in [1.29, 1.82) is 0 Å². The van der Waals surface area contributed by atoms with Crippen LogP contribution in [0.2, 0.25) is 0 Å². The molecule has 0 unspecified atom stereocenters. The quantitative estimate of drug-likeness (QED) is 0.941. The summed E-state index contributed by atoms with van der Waals surface area (Å²) in [5.74, 6) is 0. The van der Waals surface area contributed by atoms with Gasteiger partial charge in [0.25, 0.3) is 5.56 Å². The Balaban J connectivity index is 1.92. The minimum atomic E-state index is 0.0102. The highest BCUT2D eigenvalue weighted by molar-refractivity contribution is 5.61. The smallest absolute Gasteiger partial charge is 0.251 e. The van der Waals surface area contributed by atoms with Gasteiger partial charge in [0.1, 0.15) is 0 Å². The fourth-order valence-corrected chi connectivity index (χ4v) is 3.51. The molecule has 0 atom stereocenters. The average Bonchev–Trinajstić information content (AvgIpc) is 2.91. The highest BCUT2D eigenvalue weighted by Crippen LogP contribution is 2.24. The number of hydrogen-bond donors (Lipinski definition) is 1. The van der Waals surface area contributed by atoms with Crippen molar-refractivity contribution < 1.29 is 0 Å². The molecule has 4 heteroatoms. The van der Waals surface area contributed by atoms with Crippen LogP contribution in [-0.4, -0.2) is 27.5 Å².